The van der Waals surface area contributed by atoms with Crippen LogP contribution in [0.2, 0.25) is 0 Å². The molecule has 0 aliphatic heterocycles. The summed E-state index contributed by atoms with van der Waals surface area (Å²) in [6.45, 7) is -0.658. The molecule has 3 rings (SSSR count). The highest BCUT2D eigenvalue weighted by Crippen LogP contribution is 2.35. The van der Waals surface area contributed by atoms with Gasteiger partial charge in [-0.15, -0.1) is 0 Å². The molecular weight excluding hydrogens is 404 g/mol. The molecule has 1 amide bonds. The number of carbonyl (C=O) groups excluding carboxylic acids is 1. The Balaban J connectivity index is 2.00. The Bertz CT molecular complexity index is 1080. The standard InChI is InChI=1S/C21H16F4N2O3/c1-30-19-9-15(22)2-3-17(19)16-4-5-26-10-18(16)27-20(29)13-6-12(11-28)7-14(8-13)21(23,24)25/h2-10,28H,11H2,1H3,(H,27,29). The van der Waals surface area contributed by atoms with Gasteiger partial charge in [0.25, 0.3) is 5.91 Å². The van der Waals surface area contributed by atoms with Crippen molar-refractivity contribution in [1.29, 1.82) is 0 Å². The van der Waals surface area contributed by atoms with Gasteiger partial charge in [-0.1, -0.05) is 0 Å². The van der Waals surface area contributed by atoms with E-state index in [4.69, 9.17) is 4.74 Å². The van der Waals surface area contributed by atoms with Crippen molar-refractivity contribution in [3.05, 3.63) is 77.4 Å². The smallest absolute Gasteiger partial charge is 0.416 e. The van der Waals surface area contributed by atoms with E-state index in [9.17, 15) is 27.5 Å². The van der Waals surface area contributed by atoms with Gasteiger partial charge in [0.1, 0.15) is 11.6 Å². The third-order valence-electron chi connectivity index (χ3n) is 4.29. The minimum Gasteiger partial charge on any atom is -0.496 e. The molecule has 0 saturated carbocycles. The molecule has 30 heavy (non-hydrogen) atoms. The SMILES string of the molecule is COc1cc(F)ccc1-c1ccncc1NC(=O)c1cc(CO)cc(C(F)(F)F)c1. The summed E-state index contributed by atoms with van der Waals surface area (Å²) in [5.74, 6) is -1.14. The van der Waals surface area contributed by atoms with Crippen LogP contribution in [-0.4, -0.2) is 23.1 Å². The number of aliphatic hydroxyl groups excluding tert-OH is 1. The lowest BCUT2D eigenvalue weighted by Crippen LogP contribution is -2.15. The van der Waals surface area contributed by atoms with Gasteiger partial charge in [-0.2, -0.15) is 13.2 Å². The fourth-order valence-electron chi connectivity index (χ4n) is 2.89. The summed E-state index contributed by atoms with van der Waals surface area (Å²) in [7, 11) is 1.36. The first-order valence-electron chi connectivity index (χ1n) is 8.64. The number of benzene rings is 2. The second-order valence-corrected chi connectivity index (χ2v) is 6.29. The fraction of sp³-hybridized carbons (Fsp3) is 0.143. The highest BCUT2D eigenvalue weighted by molar-refractivity contribution is 6.06. The zero-order chi connectivity index (χ0) is 21.9. The summed E-state index contributed by atoms with van der Waals surface area (Å²) in [5.41, 5.74) is -0.307. The summed E-state index contributed by atoms with van der Waals surface area (Å²) in [6, 6.07) is 8.02. The molecule has 5 nitrogen and oxygen atoms in total. The van der Waals surface area contributed by atoms with Crippen molar-refractivity contribution in [3.8, 4) is 16.9 Å². The average Bonchev–Trinajstić information content (AvgIpc) is 2.73. The van der Waals surface area contributed by atoms with Crippen molar-refractivity contribution in [3.63, 3.8) is 0 Å². The van der Waals surface area contributed by atoms with Gasteiger partial charge in [0.15, 0.2) is 0 Å². The van der Waals surface area contributed by atoms with Gasteiger partial charge in [0.2, 0.25) is 0 Å². The number of nitrogens with zero attached hydrogens (tertiary/aromatic N) is 1. The van der Waals surface area contributed by atoms with E-state index in [2.05, 4.69) is 10.3 Å². The summed E-state index contributed by atoms with van der Waals surface area (Å²) < 4.78 is 58.0. The van der Waals surface area contributed by atoms with E-state index in [0.717, 1.165) is 6.07 Å². The van der Waals surface area contributed by atoms with E-state index in [1.165, 1.54) is 43.8 Å². The van der Waals surface area contributed by atoms with Crippen molar-refractivity contribution in [2.45, 2.75) is 12.8 Å². The highest BCUT2D eigenvalue weighted by Gasteiger charge is 2.31. The lowest BCUT2D eigenvalue weighted by Gasteiger charge is -2.15. The van der Waals surface area contributed by atoms with Crippen molar-refractivity contribution in [1.82, 2.24) is 4.98 Å². The van der Waals surface area contributed by atoms with Crippen molar-refractivity contribution >= 4 is 11.6 Å². The Kier molecular flexibility index (Phi) is 6.02. The Hall–Kier alpha value is -3.46. The minimum absolute atomic E-state index is 0.0541. The topological polar surface area (TPSA) is 71.5 Å². The van der Waals surface area contributed by atoms with Crippen LogP contribution >= 0.6 is 0 Å². The van der Waals surface area contributed by atoms with Crippen molar-refractivity contribution in [2.75, 3.05) is 12.4 Å². The van der Waals surface area contributed by atoms with E-state index < -0.39 is 30.1 Å². The Morgan fingerprint density at radius 1 is 1.13 bits per heavy atom. The number of pyridine rings is 1. The molecule has 0 atom stereocenters. The van der Waals surface area contributed by atoms with Crippen LogP contribution < -0.4 is 10.1 Å². The maximum atomic E-state index is 13.5. The zero-order valence-corrected chi connectivity index (χ0v) is 15.6. The molecule has 0 saturated heterocycles. The predicted molar refractivity (Wildman–Crippen MR) is 102 cm³/mol. The van der Waals surface area contributed by atoms with Crippen LogP contribution in [0.4, 0.5) is 23.2 Å². The maximum Gasteiger partial charge on any atom is 0.416 e. The van der Waals surface area contributed by atoms with E-state index in [1.54, 1.807) is 6.07 Å². The van der Waals surface area contributed by atoms with Crippen LogP contribution in [0, 0.1) is 5.82 Å². The summed E-state index contributed by atoms with van der Waals surface area (Å²) >= 11 is 0. The molecule has 0 spiro atoms. The Labute approximate surface area is 169 Å². The van der Waals surface area contributed by atoms with Crippen LogP contribution in [0.1, 0.15) is 21.5 Å². The highest BCUT2D eigenvalue weighted by atomic mass is 19.4. The number of aliphatic hydroxyl groups is 1. The normalized spacial score (nSPS) is 11.3. The van der Waals surface area contributed by atoms with Gasteiger partial charge in [0.05, 0.1) is 31.2 Å². The zero-order valence-electron chi connectivity index (χ0n) is 15.6. The first kappa shape index (κ1) is 21.3. The second kappa shape index (κ2) is 8.50. The molecule has 0 aliphatic carbocycles. The van der Waals surface area contributed by atoms with Crippen LogP contribution in [0.5, 0.6) is 5.75 Å². The second-order valence-electron chi connectivity index (χ2n) is 6.29. The summed E-state index contributed by atoms with van der Waals surface area (Å²) in [4.78, 5) is 16.6. The third-order valence-corrected chi connectivity index (χ3v) is 4.29. The Morgan fingerprint density at radius 3 is 2.57 bits per heavy atom. The largest absolute Gasteiger partial charge is 0.496 e. The molecular formula is C21H16F4N2O3. The van der Waals surface area contributed by atoms with E-state index in [1.807, 2.05) is 0 Å². The monoisotopic (exact) mass is 420 g/mol. The first-order valence-corrected chi connectivity index (χ1v) is 8.64. The number of amides is 1. The first-order chi connectivity index (χ1) is 14.2. The molecule has 0 fully saturated rings. The molecule has 0 unspecified atom stereocenters. The van der Waals surface area contributed by atoms with Gasteiger partial charge < -0.3 is 15.2 Å². The molecule has 2 N–H and O–H groups in total. The number of rotatable bonds is 5. The average molecular weight is 420 g/mol. The number of halogens is 4. The van der Waals surface area contributed by atoms with Crippen LogP contribution in [0.3, 0.4) is 0 Å². The fourth-order valence-corrected chi connectivity index (χ4v) is 2.89. The number of hydrogen-bond donors (Lipinski definition) is 2. The lowest BCUT2D eigenvalue weighted by molar-refractivity contribution is -0.137. The number of hydrogen-bond acceptors (Lipinski definition) is 4. The molecule has 3 aromatic rings. The van der Waals surface area contributed by atoms with E-state index in [0.29, 0.717) is 17.2 Å². The van der Waals surface area contributed by atoms with Crippen LogP contribution in [0.25, 0.3) is 11.1 Å². The summed E-state index contributed by atoms with van der Waals surface area (Å²) in [6.07, 6.45) is -1.92. The number of carbonyl (C=O) groups is 1. The van der Waals surface area contributed by atoms with Gasteiger partial charge in [-0.05, 0) is 42.0 Å². The molecule has 2 aromatic carbocycles. The molecule has 0 bridgehead atoms. The van der Waals surface area contributed by atoms with Crippen molar-refractivity contribution in [2.24, 2.45) is 0 Å². The number of ether oxygens (including phenoxy) is 1. The quantitative estimate of drug-likeness (QED) is 0.589. The lowest BCUT2D eigenvalue weighted by atomic mass is 10.0. The Morgan fingerprint density at radius 2 is 1.90 bits per heavy atom. The van der Waals surface area contributed by atoms with Gasteiger partial charge in [-0.25, -0.2) is 4.39 Å². The van der Waals surface area contributed by atoms with E-state index in [-0.39, 0.29) is 22.6 Å². The molecule has 9 heteroatoms. The number of alkyl halides is 3. The van der Waals surface area contributed by atoms with E-state index >= 15 is 0 Å². The van der Waals surface area contributed by atoms with Gasteiger partial charge >= 0.3 is 6.18 Å². The third kappa shape index (κ3) is 4.57. The minimum atomic E-state index is -4.68. The molecule has 1 aromatic heterocycles. The molecule has 0 radical (unpaired) electrons. The number of methoxy groups -OCH3 is 1. The van der Waals surface area contributed by atoms with Crippen molar-refractivity contribution < 1.29 is 32.2 Å². The number of anilines is 1. The number of aromatic nitrogens is 1. The number of nitrogens with one attached hydrogen (secondary N) is 1. The van der Waals surface area contributed by atoms with Gasteiger partial charge in [0, 0.05) is 29.0 Å². The van der Waals surface area contributed by atoms with Crippen LogP contribution in [-0.2, 0) is 12.8 Å². The molecule has 1 heterocycles. The maximum absolute atomic E-state index is 13.5. The molecule has 156 valence electrons. The molecule has 0 aliphatic rings. The van der Waals surface area contributed by atoms with Crippen LogP contribution in [0.15, 0.2) is 54.9 Å². The van der Waals surface area contributed by atoms with Gasteiger partial charge in [-0.3, -0.25) is 9.78 Å². The predicted octanol–water partition coefficient (Wildman–Crippen LogP) is 4.66. The summed E-state index contributed by atoms with van der Waals surface area (Å²) in [5, 5.41) is 11.8.